The third-order valence-corrected chi connectivity index (χ3v) is 3.34. The molecule has 0 bridgehead atoms. The first-order chi connectivity index (χ1) is 9.24. The highest BCUT2D eigenvalue weighted by Gasteiger charge is 2.07. The molecule has 2 heterocycles. The molecule has 0 atom stereocenters. The molecule has 5 nitrogen and oxygen atoms in total. The van der Waals surface area contributed by atoms with Crippen molar-refractivity contribution in [1.82, 2.24) is 19.6 Å². The zero-order valence-electron chi connectivity index (χ0n) is 10.3. The molecule has 96 valence electrons. The number of hydrogen-bond acceptors (Lipinski definition) is 4. The minimum absolute atomic E-state index is 0.692. The lowest BCUT2D eigenvalue weighted by atomic mass is 10.2. The van der Waals surface area contributed by atoms with E-state index in [4.69, 9.17) is 0 Å². The Morgan fingerprint density at radius 1 is 1.32 bits per heavy atom. The summed E-state index contributed by atoms with van der Waals surface area (Å²) in [5.74, 6) is 1.59. The monoisotopic (exact) mass is 317 g/mol. The van der Waals surface area contributed by atoms with Crippen LogP contribution in [0.1, 0.15) is 11.4 Å². The van der Waals surface area contributed by atoms with E-state index < -0.39 is 0 Å². The van der Waals surface area contributed by atoms with Crippen LogP contribution in [0.15, 0.2) is 41.1 Å². The molecular formula is C13H12BrN5. The number of fused-ring (bicyclic) bond motifs is 1. The van der Waals surface area contributed by atoms with Crippen molar-refractivity contribution in [2.24, 2.45) is 0 Å². The number of halogens is 1. The highest BCUT2D eigenvalue weighted by molar-refractivity contribution is 9.10. The lowest BCUT2D eigenvalue weighted by Crippen LogP contribution is -2.03. The maximum Gasteiger partial charge on any atom is 0.203 e. The molecule has 0 aliphatic carbocycles. The van der Waals surface area contributed by atoms with Crippen molar-refractivity contribution in [2.75, 3.05) is 5.32 Å². The number of hydrogen-bond donors (Lipinski definition) is 1. The Bertz CT molecular complexity index is 722. The highest BCUT2D eigenvalue weighted by Crippen LogP contribution is 2.15. The van der Waals surface area contributed by atoms with Crippen LogP contribution in [0.5, 0.6) is 0 Å². The van der Waals surface area contributed by atoms with E-state index in [9.17, 15) is 0 Å². The average Bonchev–Trinajstić information content (AvgIpc) is 2.79. The second-order valence-electron chi connectivity index (χ2n) is 4.20. The van der Waals surface area contributed by atoms with Crippen LogP contribution in [0, 0.1) is 6.92 Å². The van der Waals surface area contributed by atoms with Gasteiger partial charge in [-0.2, -0.15) is 0 Å². The Morgan fingerprint density at radius 3 is 3.05 bits per heavy atom. The van der Waals surface area contributed by atoms with Crippen LogP contribution in [0.2, 0.25) is 0 Å². The number of nitrogens with zero attached hydrogens (tertiary/aromatic N) is 4. The van der Waals surface area contributed by atoms with Crippen molar-refractivity contribution >= 4 is 27.4 Å². The Labute approximate surface area is 118 Å². The average molecular weight is 318 g/mol. The summed E-state index contributed by atoms with van der Waals surface area (Å²) in [5, 5.41) is 11.5. The van der Waals surface area contributed by atoms with Crippen molar-refractivity contribution in [3.05, 3.63) is 52.5 Å². The van der Waals surface area contributed by atoms with Gasteiger partial charge in [0.15, 0.2) is 5.82 Å². The van der Waals surface area contributed by atoms with Crippen molar-refractivity contribution in [1.29, 1.82) is 0 Å². The smallest absolute Gasteiger partial charge is 0.203 e. The van der Waals surface area contributed by atoms with Crippen molar-refractivity contribution in [3.8, 4) is 0 Å². The van der Waals surface area contributed by atoms with Gasteiger partial charge >= 0.3 is 0 Å². The van der Waals surface area contributed by atoms with Crippen molar-refractivity contribution in [2.45, 2.75) is 13.5 Å². The zero-order valence-corrected chi connectivity index (χ0v) is 11.9. The van der Waals surface area contributed by atoms with Gasteiger partial charge in [-0.3, -0.25) is 4.40 Å². The van der Waals surface area contributed by atoms with Crippen LogP contribution >= 0.6 is 15.9 Å². The van der Waals surface area contributed by atoms with Gasteiger partial charge in [-0.1, -0.05) is 28.1 Å². The van der Waals surface area contributed by atoms with E-state index in [1.807, 2.05) is 29.7 Å². The van der Waals surface area contributed by atoms with Gasteiger partial charge in [-0.05, 0) is 24.6 Å². The van der Waals surface area contributed by atoms with Crippen LogP contribution in [-0.2, 0) is 6.54 Å². The van der Waals surface area contributed by atoms with E-state index in [0.717, 1.165) is 21.8 Å². The minimum Gasteiger partial charge on any atom is -0.363 e. The van der Waals surface area contributed by atoms with E-state index in [1.165, 1.54) is 5.56 Å². The van der Waals surface area contributed by atoms with Crippen molar-refractivity contribution < 1.29 is 0 Å². The van der Waals surface area contributed by atoms with E-state index in [-0.39, 0.29) is 0 Å². The van der Waals surface area contributed by atoms with Crippen LogP contribution in [0.3, 0.4) is 0 Å². The standard InChI is InChI=1S/C13H12BrN5/c1-9-17-18-13-12(15-5-6-19(9)13)16-8-10-3-2-4-11(14)7-10/h2-7H,8H2,1H3,(H,15,16). The second kappa shape index (κ2) is 4.97. The molecule has 0 saturated carbocycles. The summed E-state index contributed by atoms with van der Waals surface area (Å²) in [6.07, 6.45) is 3.60. The number of nitrogens with one attached hydrogen (secondary N) is 1. The fourth-order valence-corrected chi connectivity index (χ4v) is 2.35. The van der Waals surface area contributed by atoms with Crippen molar-refractivity contribution in [3.63, 3.8) is 0 Å². The largest absolute Gasteiger partial charge is 0.363 e. The molecule has 1 N–H and O–H groups in total. The molecular weight excluding hydrogens is 306 g/mol. The summed E-state index contributed by atoms with van der Waals surface area (Å²) < 4.78 is 2.98. The molecule has 2 aromatic heterocycles. The van der Waals surface area contributed by atoms with Crippen LogP contribution in [-0.4, -0.2) is 19.6 Å². The summed E-state index contributed by atoms with van der Waals surface area (Å²) in [7, 11) is 0. The number of rotatable bonds is 3. The molecule has 3 aromatic rings. The molecule has 0 amide bonds. The fraction of sp³-hybridized carbons (Fsp3) is 0.154. The Kier molecular flexibility index (Phi) is 3.16. The summed E-state index contributed by atoms with van der Waals surface area (Å²) in [5.41, 5.74) is 1.92. The van der Waals surface area contributed by atoms with E-state index in [1.54, 1.807) is 6.20 Å². The third-order valence-electron chi connectivity index (χ3n) is 2.85. The molecule has 3 rings (SSSR count). The molecule has 0 fully saturated rings. The Balaban J connectivity index is 1.86. The lowest BCUT2D eigenvalue weighted by molar-refractivity contribution is 1.000. The van der Waals surface area contributed by atoms with Gasteiger partial charge in [0.25, 0.3) is 0 Å². The van der Waals surface area contributed by atoms with E-state index in [2.05, 4.69) is 48.6 Å². The van der Waals surface area contributed by atoms with Gasteiger partial charge in [-0.25, -0.2) is 4.98 Å². The number of anilines is 1. The maximum absolute atomic E-state index is 4.31. The van der Waals surface area contributed by atoms with Gasteiger partial charge in [0.2, 0.25) is 5.65 Å². The van der Waals surface area contributed by atoms with Crippen LogP contribution in [0.25, 0.3) is 5.65 Å². The second-order valence-corrected chi connectivity index (χ2v) is 5.12. The van der Waals surface area contributed by atoms with Gasteiger partial charge < -0.3 is 5.32 Å². The lowest BCUT2D eigenvalue weighted by Gasteiger charge is -2.06. The molecule has 1 aromatic carbocycles. The summed E-state index contributed by atoms with van der Waals surface area (Å²) in [6.45, 7) is 2.61. The molecule has 0 unspecified atom stereocenters. The zero-order chi connectivity index (χ0) is 13.2. The normalized spacial score (nSPS) is 10.8. The summed E-state index contributed by atoms with van der Waals surface area (Å²) in [4.78, 5) is 4.31. The number of benzene rings is 1. The van der Waals surface area contributed by atoms with Gasteiger partial charge in [-0.15, -0.1) is 10.2 Å². The summed E-state index contributed by atoms with van der Waals surface area (Å²) >= 11 is 3.46. The Morgan fingerprint density at radius 2 is 2.21 bits per heavy atom. The minimum atomic E-state index is 0.692. The molecule has 0 spiro atoms. The van der Waals surface area contributed by atoms with Crippen LogP contribution < -0.4 is 5.32 Å². The van der Waals surface area contributed by atoms with Gasteiger partial charge in [0.1, 0.15) is 5.82 Å². The predicted octanol–water partition coefficient (Wildman–Crippen LogP) is 2.81. The summed E-state index contributed by atoms with van der Waals surface area (Å²) in [6, 6.07) is 8.15. The molecule has 0 saturated heterocycles. The first-order valence-corrected chi connectivity index (χ1v) is 6.68. The highest BCUT2D eigenvalue weighted by atomic mass is 79.9. The molecule has 6 heteroatoms. The topological polar surface area (TPSA) is 55.1 Å². The number of aryl methyl sites for hydroxylation is 1. The maximum atomic E-state index is 4.31. The first-order valence-electron chi connectivity index (χ1n) is 5.89. The van der Waals surface area contributed by atoms with E-state index in [0.29, 0.717) is 6.54 Å². The molecule has 0 aliphatic heterocycles. The molecule has 0 aliphatic rings. The SMILES string of the molecule is Cc1nnc2c(NCc3cccc(Br)c3)nccn12. The third kappa shape index (κ3) is 2.44. The first kappa shape index (κ1) is 12.1. The fourth-order valence-electron chi connectivity index (χ4n) is 1.90. The van der Waals surface area contributed by atoms with Gasteiger partial charge in [0.05, 0.1) is 0 Å². The predicted molar refractivity (Wildman–Crippen MR) is 77.0 cm³/mol. The molecule has 0 radical (unpaired) electrons. The Hall–Kier alpha value is -1.95. The molecule has 19 heavy (non-hydrogen) atoms. The van der Waals surface area contributed by atoms with Crippen LogP contribution in [0.4, 0.5) is 5.82 Å². The quantitative estimate of drug-likeness (QED) is 0.807. The van der Waals surface area contributed by atoms with Gasteiger partial charge in [0, 0.05) is 23.4 Å². The number of aromatic nitrogens is 4. The van der Waals surface area contributed by atoms with E-state index >= 15 is 0 Å².